The van der Waals surface area contributed by atoms with Crippen LogP contribution in [0.2, 0.25) is 0 Å². The molecule has 2 amide bonds. The van der Waals surface area contributed by atoms with E-state index in [2.05, 4.69) is 10.1 Å². The maximum absolute atomic E-state index is 12.6. The number of carbonyl (C=O) groups is 2. The van der Waals surface area contributed by atoms with Crippen LogP contribution in [0.25, 0.3) is 0 Å². The van der Waals surface area contributed by atoms with Gasteiger partial charge in [-0.25, -0.2) is 0 Å². The van der Waals surface area contributed by atoms with Gasteiger partial charge in [-0.15, -0.1) is 13.2 Å². The predicted octanol–water partition coefficient (Wildman–Crippen LogP) is 2.73. The standard InChI is InChI=1S/C20H23F3N2O4/c21-20(22,23)29-16-4-2-1-3-15(16)18(27)25-11-19(12-25)8-14(10-28-19)7-17(26)24-9-13-5-6-13/h1-4,13-14H,5-12H2,(H,24,26). The fraction of sp³-hybridized carbons (Fsp3) is 0.600. The lowest BCUT2D eigenvalue weighted by atomic mass is 9.85. The van der Waals surface area contributed by atoms with Gasteiger partial charge in [0.2, 0.25) is 5.91 Å². The van der Waals surface area contributed by atoms with Gasteiger partial charge in [-0.05, 0) is 43.2 Å². The first-order chi connectivity index (χ1) is 13.7. The average molecular weight is 412 g/mol. The molecule has 1 aromatic rings. The van der Waals surface area contributed by atoms with Gasteiger partial charge in [0.1, 0.15) is 11.4 Å². The molecule has 3 fully saturated rings. The van der Waals surface area contributed by atoms with Crippen LogP contribution in [0.3, 0.4) is 0 Å². The van der Waals surface area contributed by atoms with E-state index in [1.807, 2.05) is 0 Å². The Morgan fingerprint density at radius 3 is 2.62 bits per heavy atom. The Bertz CT molecular complexity index is 788. The van der Waals surface area contributed by atoms with Crippen LogP contribution in [0.15, 0.2) is 24.3 Å². The first-order valence-corrected chi connectivity index (χ1v) is 9.78. The fourth-order valence-corrected chi connectivity index (χ4v) is 4.02. The Labute approximate surface area is 166 Å². The number of hydrogen-bond donors (Lipinski definition) is 1. The molecule has 1 unspecified atom stereocenters. The van der Waals surface area contributed by atoms with E-state index >= 15 is 0 Å². The Morgan fingerprint density at radius 1 is 1.21 bits per heavy atom. The summed E-state index contributed by atoms with van der Waals surface area (Å²) in [6.45, 7) is 1.78. The number of amides is 2. The third-order valence-corrected chi connectivity index (χ3v) is 5.63. The third-order valence-electron chi connectivity index (χ3n) is 5.63. The van der Waals surface area contributed by atoms with Crippen molar-refractivity contribution >= 4 is 11.8 Å². The zero-order valence-corrected chi connectivity index (χ0v) is 15.8. The highest BCUT2D eigenvalue weighted by Crippen LogP contribution is 2.40. The predicted molar refractivity (Wildman–Crippen MR) is 96.2 cm³/mol. The number of carbonyl (C=O) groups excluding carboxylic acids is 2. The van der Waals surface area contributed by atoms with E-state index in [1.165, 1.54) is 35.9 Å². The highest BCUT2D eigenvalue weighted by Gasteiger charge is 2.52. The van der Waals surface area contributed by atoms with Crippen molar-refractivity contribution in [3.05, 3.63) is 29.8 Å². The molecule has 2 aliphatic heterocycles. The molecular formula is C20H23F3N2O4. The molecular weight excluding hydrogens is 389 g/mol. The number of rotatable bonds is 6. The molecule has 29 heavy (non-hydrogen) atoms. The van der Waals surface area contributed by atoms with Crippen LogP contribution in [0.4, 0.5) is 13.2 Å². The molecule has 6 nitrogen and oxygen atoms in total. The van der Waals surface area contributed by atoms with Crippen LogP contribution in [0, 0.1) is 11.8 Å². The molecule has 2 heterocycles. The smallest absolute Gasteiger partial charge is 0.405 e. The van der Waals surface area contributed by atoms with Crippen LogP contribution < -0.4 is 10.1 Å². The van der Waals surface area contributed by atoms with Gasteiger partial charge >= 0.3 is 6.36 Å². The lowest BCUT2D eigenvalue weighted by Gasteiger charge is -2.47. The topological polar surface area (TPSA) is 67.9 Å². The highest BCUT2D eigenvalue weighted by atomic mass is 19.4. The maximum Gasteiger partial charge on any atom is 0.573 e. The number of hydrogen-bond acceptors (Lipinski definition) is 4. The van der Waals surface area contributed by atoms with Gasteiger partial charge in [-0.3, -0.25) is 9.59 Å². The summed E-state index contributed by atoms with van der Waals surface area (Å²) in [5.74, 6) is -0.297. The zero-order chi connectivity index (χ0) is 20.6. The van der Waals surface area contributed by atoms with Crippen molar-refractivity contribution in [3.63, 3.8) is 0 Å². The van der Waals surface area contributed by atoms with Crippen molar-refractivity contribution in [3.8, 4) is 5.75 Å². The monoisotopic (exact) mass is 412 g/mol. The van der Waals surface area contributed by atoms with E-state index in [1.54, 1.807) is 0 Å². The molecule has 158 valence electrons. The normalized spacial score (nSPS) is 23.0. The molecule has 0 radical (unpaired) electrons. The van der Waals surface area contributed by atoms with Gasteiger partial charge in [0.05, 0.1) is 25.3 Å². The van der Waals surface area contributed by atoms with Gasteiger partial charge in [0.25, 0.3) is 5.91 Å². The number of benzene rings is 1. The molecule has 0 aromatic heterocycles. The highest BCUT2D eigenvalue weighted by molar-refractivity contribution is 5.97. The van der Waals surface area contributed by atoms with Gasteiger partial charge in [0.15, 0.2) is 0 Å². The summed E-state index contributed by atoms with van der Waals surface area (Å²) in [6, 6.07) is 5.32. The number of para-hydroxylation sites is 1. The summed E-state index contributed by atoms with van der Waals surface area (Å²) in [5, 5.41) is 2.94. The fourth-order valence-electron chi connectivity index (χ4n) is 4.02. The van der Waals surface area contributed by atoms with Crippen LogP contribution in [-0.2, 0) is 9.53 Å². The van der Waals surface area contributed by atoms with Crippen molar-refractivity contribution in [2.45, 2.75) is 37.6 Å². The number of nitrogens with zero attached hydrogens (tertiary/aromatic N) is 1. The first-order valence-electron chi connectivity index (χ1n) is 9.78. The molecule has 1 atom stereocenters. The number of halogens is 3. The zero-order valence-electron chi connectivity index (χ0n) is 15.8. The van der Waals surface area contributed by atoms with Gasteiger partial charge < -0.3 is 19.7 Å². The van der Waals surface area contributed by atoms with E-state index in [0.29, 0.717) is 38.5 Å². The van der Waals surface area contributed by atoms with Crippen LogP contribution in [-0.4, -0.2) is 54.9 Å². The second-order valence-electron chi connectivity index (χ2n) is 8.22. The maximum atomic E-state index is 12.6. The Balaban J connectivity index is 1.29. The molecule has 1 aromatic carbocycles. The van der Waals surface area contributed by atoms with E-state index in [4.69, 9.17) is 4.74 Å². The lowest BCUT2D eigenvalue weighted by Crippen LogP contribution is -2.63. The number of likely N-dealkylation sites (tertiary alicyclic amines) is 1. The molecule has 1 N–H and O–H groups in total. The molecule has 9 heteroatoms. The van der Waals surface area contributed by atoms with E-state index < -0.39 is 23.6 Å². The van der Waals surface area contributed by atoms with E-state index in [9.17, 15) is 22.8 Å². The molecule has 1 saturated carbocycles. The minimum absolute atomic E-state index is 0.0213. The van der Waals surface area contributed by atoms with Gasteiger partial charge in [0, 0.05) is 13.0 Å². The second kappa shape index (κ2) is 7.51. The second-order valence-corrected chi connectivity index (χ2v) is 8.22. The minimum Gasteiger partial charge on any atom is -0.405 e. The summed E-state index contributed by atoms with van der Waals surface area (Å²) < 4.78 is 47.6. The van der Waals surface area contributed by atoms with Crippen LogP contribution >= 0.6 is 0 Å². The number of nitrogens with one attached hydrogen (secondary N) is 1. The summed E-state index contributed by atoms with van der Waals surface area (Å²) in [4.78, 5) is 26.1. The average Bonchev–Trinajstić information content (AvgIpc) is 3.36. The molecule has 3 aliphatic rings. The summed E-state index contributed by atoms with van der Waals surface area (Å²) >= 11 is 0. The van der Waals surface area contributed by atoms with Gasteiger partial charge in [-0.1, -0.05) is 12.1 Å². The molecule has 0 bridgehead atoms. The Hall–Kier alpha value is -2.29. The summed E-state index contributed by atoms with van der Waals surface area (Å²) in [5.41, 5.74) is -0.634. The van der Waals surface area contributed by atoms with Crippen LogP contribution in [0.5, 0.6) is 5.75 Å². The lowest BCUT2D eigenvalue weighted by molar-refractivity contribution is -0.274. The van der Waals surface area contributed by atoms with Crippen molar-refractivity contribution in [2.75, 3.05) is 26.2 Å². The largest absolute Gasteiger partial charge is 0.573 e. The van der Waals surface area contributed by atoms with E-state index in [-0.39, 0.29) is 17.4 Å². The van der Waals surface area contributed by atoms with E-state index in [0.717, 1.165) is 12.6 Å². The summed E-state index contributed by atoms with van der Waals surface area (Å²) in [7, 11) is 0. The molecule has 4 rings (SSSR count). The SMILES string of the molecule is O=C(CC1COC2(C1)CN(C(=O)c1ccccc1OC(F)(F)F)C2)NCC1CC1. The third kappa shape index (κ3) is 4.83. The molecule has 1 aliphatic carbocycles. The first kappa shape index (κ1) is 20.0. The quantitative estimate of drug-likeness (QED) is 0.780. The minimum atomic E-state index is -4.87. The number of alkyl halides is 3. The number of ether oxygens (including phenoxy) is 2. The van der Waals surface area contributed by atoms with Crippen molar-refractivity contribution in [1.29, 1.82) is 0 Å². The Morgan fingerprint density at radius 2 is 1.93 bits per heavy atom. The van der Waals surface area contributed by atoms with Crippen LogP contribution in [0.1, 0.15) is 36.0 Å². The molecule has 2 saturated heterocycles. The Kier molecular flexibility index (Phi) is 5.18. The van der Waals surface area contributed by atoms with Crippen molar-refractivity contribution in [1.82, 2.24) is 10.2 Å². The summed E-state index contributed by atoms with van der Waals surface area (Å²) in [6.07, 6.45) is -1.46. The van der Waals surface area contributed by atoms with Crippen molar-refractivity contribution < 1.29 is 32.2 Å². The van der Waals surface area contributed by atoms with Gasteiger partial charge in [-0.2, -0.15) is 0 Å². The molecule has 1 spiro atoms. The van der Waals surface area contributed by atoms with Crippen molar-refractivity contribution in [2.24, 2.45) is 11.8 Å².